The van der Waals surface area contributed by atoms with Crippen LogP contribution in [0.25, 0.3) is 0 Å². The number of hydrogen-bond acceptors (Lipinski definition) is 2. The molecule has 90 valence electrons. The van der Waals surface area contributed by atoms with Crippen molar-refractivity contribution in [2.75, 3.05) is 7.05 Å². The van der Waals surface area contributed by atoms with Gasteiger partial charge < -0.3 is 5.32 Å². The lowest BCUT2D eigenvalue weighted by molar-refractivity contribution is 0.703. The highest BCUT2D eigenvalue weighted by molar-refractivity contribution is 9.10. The molecule has 1 aromatic heterocycles. The van der Waals surface area contributed by atoms with Gasteiger partial charge in [0, 0.05) is 14.2 Å². The second kappa shape index (κ2) is 5.34. The third kappa shape index (κ3) is 2.79. The predicted octanol–water partition coefficient (Wildman–Crippen LogP) is 4.44. The Balaban J connectivity index is 2.39. The maximum absolute atomic E-state index is 3.58. The Kier molecular flexibility index (Phi) is 4.02. The molecule has 0 aliphatic rings. The standard InChI is InChI=1S/C14H16BrNS/c1-9-5-4-6-11(7-9)14(16-3)13-8-12(15)10(2)17-13/h4-8,14,16H,1-3H3. The van der Waals surface area contributed by atoms with Crippen LogP contribution in [0.2, 0.25) is 0 Å². The lowest BCUT2D eigenvalue weighted by Gasteiger charge is -2.15. The molecule has 1 aromatic carbocycles. The summed E-state index contributed by atoms with van der Waals surface area (Å²) in [5.74, 6) is 0. The van der Waals surface area contributed by atoms with Gasteiger partial charge in [0.15, 0.2) is 0 Å². The van der Waals surface area contributed by atoms with Crippen LogP contribution in [0.4, 0.5) is 0 Å². The van der Waals surface area contributed by atoms with Gasteiger partial charge in [0.25, 0.3) is 0 Å². The summed E-state index contributed by atoms with van der Waals surface area (Å²) in [5.41, 5.74) is 2.62. The molecule has 17 heavy (non-hydrogen) atoms. The Morgan fingerprint density at radius 3 is 2.53 bits per heavy atom. The van der Waals surface area contributed by atoms with Crippen molar-refractivity contribution in [3.8, 4) is 0 Å². The van der Waals surface area contributed by atoms with Gasteiger partial charge in [-0.2, -0.15) is 0 Å². The number of aryl methyl sites for hydroxylation is 2. The first kappa shape index (κ1) is 12.8. The smallest absolute Gasteiger partial charge is 0.0669 e. The number of rotatable bonds is 3. The van der Waals surface area contributed by atoms with Crippen LogP contribution >= 0.6 is 27.3 Å². The Morgan fingerprint density at radius 1 is 1.24 bits per heavy atom. The average molecular weight is 310 g/mol. The molecule has 1 heterocycles. The van der Waals surface area contributed by atoms with E-state index in [2.05, 4.69) is 65.4 Å². The zero-order valence-corrected chi connectivity index (χ0v) is 12.7. The second-order valence-corrected chi connectivity index (χ2v) is 6.33. The van der Waals surface area contributed by atoms with E-state index in [1.807, 2.05) is 18.4 Å². The molecule has 2 rings (SSSR count). The van der Waals surface area contributed by atoms with Gasteiger partial charge >= 0.3 is 0 Å². The van der Waals surface area contributed by atoms with Crippen molar-refractivity contribution < 1.29 is 0 Å². The lowest BCUT2D eigenvalue weighted by atomic mass is 10.0. The van der Waals surface area contributed by atoms with Gasteiger partial charge in [0.05, 0.1) is 6.04 Å². The molecule has 1 nitrogen and oxygen atoms in total. The second-order valence-electron chi connectivity index (χ2n) is 4.19. The fourth-order valence-corrected chi connectivity index (χ4v) is 3.65. The summed E-state index contributed by atoms with van der Waals surface area (Å²) in [6.45, 7) is 4.27. The quantitative estimate of drug-likeness (QED) is 0.884. The Bertz CT molecular complexity index is 499. The van der Waals surface area contributed by atoms with E-state index in [1.54, 1.807) is 0 Å². The molecule has 0 aliphatic heterocycles. The predicted molar refractivity (Wildman–Crippen MR) is 78.8 cm³/mol. The molecule has 1 unspecified atom stereocenters. The molecule has 0 saturated heterocycles. The van der Waals surface area contributed by atoms with Crippen LogP contribution in [0, 0.1) is 13.8 Å². The number of halogens is 1. The van der Waals surface area contributed by atoms with Crippen molar-refractivity contribution in [3.63, 3.8) is 0 Å². The third-order valence-corrected chi connectivity index (χ3v) is 5.03. The van der Waals surface area contributed by atoms with Crippen LogP contribution < -0.4 is 5.32 Å². The summed E-state index contributed by atoms with van der Waals surface area (Å²) < 4.78 is 1.20. The topological polar surface area (TPSA) is 12.0 Å². The molecule has 3 heteroatoms. The number of hydrogen-bond donors (Lipinski definition) is 1. The van der Waals surface area contributed by atoms with Crippen molar-refractivity contribution in [3.05, 3.63) is 55.7 Å². The van der Waals surface area contributed by atoms with Crippen LogP contribution in [0.5, 0.6) is 0 Å². The van der Waals surface area contributed by atoms with Gasteiger partial charge in [-0.05, 0) is 48.5 Å². The molecule has 0 spiro atoms. The van der Waals surface area contributed by atoms with Gasteiger partial charge in [0.1, 0.15) is 0 Å². The zero-order chi connectivity index (χ0) is 12.4. The first-order valence-corrected chi connectivity index (χ1v) is 7.22. The van der Waals surface area contributed by atoms with E-state index in [9.17, 15) is 0 Å². The molecular formula is C14H16BrNS. The van der Waals surface area contributed by atoms with Gasteiger partial charge in [-0.3, -0.25) is 0 Å². The molecule has 1 N–H and O–H groups in total. The van der Waals surface area contributed by atoms with Crippen LogP contribution in [-0.2, 0) is 0 Å². The van der Waals surface area contributed by atoms with Gasteiger partial charge in [0.2, 0.25) is 0 Å². The fraction of sp³-hybridized carbons (Fsp3) is 0.286. The lowest BCUT2D eigenvalue weighted by Crippen LogP contribution is -2.16. The van der Waals surface area contributed by atoms with Gasteiger partial charge in [-0.1, -0.05) is 29.8 Å². The number of nitrogens with one attached hydrogen (secondary N) is 1. The molecule has 0 radical (unpaired) electrons. The first-order valence-electron chi connectivity index (χ1n) is 5.61. The summed E-state index contributed by atoms with van der Waals surface area (Å²) in [4.78, 5) is 2.68. The minimum absolute atomic E-state index is 0.282. The molecule has 0 bridgehead atoms. The van der Waals surface area contributed by atoms with E-state index in [0.29, 0.717) is 0 Å². The Hall–Kier alpha value is -0.640. The Morgan fingerprint density at radius 2 is 2.00 bits per heavy atom. The summed E-state index contributed by atoms with van der Waals surface area (Å²) in [6.07, 6.45) is 0. The Labute approximate surface area is 115 Å². The molecule has 1 atom stereocenters. The van der Waals surface area contributed by atoms with Crippen LogP contribution in [0.3, 0.4) is 0 Å². The van der Waals surface area contributed by atoms with Crippen molar-refractivity contribution >= 4 is 27.3 Å². The first-order chi connectivity index (χ1) is 8.11. The maximum Gasteiger partial charge on any atom is 0.0669 e. The molecule has 0 saturated carbocycles. The average Bonchev–Trinajstić information content (AvgIpc) is 2.60. The molecule has 0 amide bonds. The highest BCUT2D eigenvalue weighted by Gasteiger charge is 2.15. The highest BCUT2D eigenvalue weighted by atomic mass is 79.9. The van der Waals surface area contributed by atoms with Crippen molar-refractivity contribution in [2.24, 2.45) is 0 Å². The zero-order valence-electron chi connectivity index (χ0n) is 10.3. The normalized spacial score (nSPS) is 12.7. The van der Waals surface area contributed by atoms with Gasteiger partial charge in [-0.15, -0.1) is 11.3 Å². The maximum atomic E-state index is 3.58. The molecule has 0 aliphatic carbocycles. The van der Waals surface area contributed by atoms with Crippen LogP contribution in [0.1, 0.15) is 26.9 Å². The fourth-order valence-electron chi connectivity index (χ4n) is 1.95. The van der Waals surface area contributed by atoms with Crippen molar-refractivity contribution in [1.29, 1.82) is 0 Å². The van der Waals surface area contributed by atoms with Crippen molar-refractivity contribution in [2.45, 2.75) is 19.9 Å². The SMILES string of the molecule is CNC(c1cccc(C)c1)c1cc(Br)c(C)s1. The van der Waals surface area contributed by atoms with E-state index in [4.69, 9.17) is 0 Å². The van der Waals surface area contributed by atoms with Crippen LogP contribution in [-0.4, -0.2) is 7.05 Å². The number of thiophene rings is 1. The number of benzene rings is 1. The monoisotopic (exact) mass is 309 g/mol. The molecule has 0 fully saturated rings. The van der Waals surface area contributed by atoms with E-state index in [-0.39, 0.29) is 6.04 Å². The summed E-state index contributed by atoms with van der Waals surface area (Å²) in [6, 6.07) is 11.2. The van der Waals surface area contributed by atoms with Crippen LogP contribution in [0.15, 0.2) is 34.8 Å². The van der Waals surface area contributed by atoms with Crippen molar-refractivity contribution in [1.82, 2.24) is 5.32 Å². The van der Waals surface area contributed by atoms with E-state index < -0.39 is 0 Å². The summed E-state index contributed by atoms with van der Waals surface area (Å²) >= 11 is 5.42. The molecule has 2 aromatic rings. The largest absolute Gasteiger partial charge is 0.309 e. The minimum Gasteiger partial charge on any atom is -0.309 e. The summed E-state index contributed by atoms with van der Waals surface area (Å²) in [5, 5.41) is 3.39. The van der Waals surface area contributed by atoms with E-state index in [1.165, 1.54) is 25.4 Å². The molecular weight excluding hydrogens is 294 g/mol. The van der Waals surface area contributed by atoms with E-state index in [0.717, 1.165) is 0 Å². The summed E-state index contributed by atoms with van der Waals surface area (Å²) in [7, 11) is 2.01. The minimum atomic E-state index is 0.282. The van der Waals surface area contributed by atoms with E-state index >= 15 is 0 Å². The third-order valence-electron chi connectivity index (χ3n) is 2.82. The van der Waals surface area contributed by atoms with Gasteiger partial charge in [-0.25, -0.2) is 0 Å². The highest BCUT2D eigenvalue weighted by Crippen LogP contribution is 2.33.